The van der Waals surface area contributed by atoms with Gasteiger partial charge in [-0.05, 0) is 42.5 Å². The maximum absolute atomic E-state index is 12.5. The fraction of sp³-hybridized carbons (Fsp3) is 0.0526. The Hall–Kier alpha value is -2.76. The van der Waals surface area contributed by atoms with Crippen molar-refractivity contribution in [3.63, 3.8) is 0 Å². The van der Waals surface area contributed by atoms with Crippen LogP contribution in [0.4, 0.5) is 17.2 Å². The van der Waals surface area contributed by atoms with Crippen molar-refractivity contribution in [2.24, 2.45) is 0 Å². The van der Waals surface area contributed by atoms with Crippen molar-refractivity contribution in [1.82, 2.24) is 4.98 Å². The van der Waals surface area contributed by atoms with Crippen LogP contribution in [0.3, 0.4) is 0 Å². The number of hydrogen-bond acceptors (Lipinski definition) is 4. The number of ether oxygens (including phenoxy) is 1. The Morgan fingerprint density at radius 2 is 1.85 bits per heavy atom. The third-order valence-corrected chi connectivity index (χ3v) is 4.28. The number of carbonyl (C=O) groups excluding carboxylic acids is 1. The van der Waals surface area contributed by atoms with E-state index in [1.165, 1.54) is 0 Å². The highest BCUT2D eigenvalue weighted by molar-refractivity contribution is 6.42. The highest BCUT2D eigenvalue weighted by Gasteiger charge is 2.09. The van der Waals surface area contributed by atoms with Gasteiger partial charge in [0, 0.05) is 29.2 Å². The molecule has 0 fully saturated rings. The molecule has 3 rings (SSSR count). The minimum Gasteiger partial charge on any atom is -0.497 e. The van der Waals surface area contributed by atoms with Gasteiger partial charge in [0.25, 0.3) is 5.91 Å². The lowest BCUT2D eigenvalue weighted by Gasteiger charge is -2.10. The molecule has 0 aliphatic carbocycles. The number of anilines is 3. The highest BCUT2D eigenvalue weighted by Crippen LogP contribution is 2.25. The van der Waals surface area contributed by atoms with Crippen LogP contribution in [0.15, 0.2) is 60.8 Å². The molecular formula is C19H15Cl2N3O2. The molecule has 7 heteroatoms. The second-order valence-electron chi connectivity index (χ2n) is 5.37. The third-order valence-electron chi connectivity index (χ3n) is 3.54. The van der Waals surface area contributed by atoms with Crippen molar-refractivity contribution in [3.05, 3.63) is 76.4 Å². The normalized spacial score (nSPS) is 10.3. The predicted octanol–water partition coefficient (Wildman–Crippen LogP) is 5.39. The van der Waals surface area contributed by atoms with Gasteiger partial charge in [-0.15, -0.1) is 0 Å². The molecule has 0 saturated heterocycles. The van der Waals surface area contributed by atoms with Gasteiger partial charge in [0.15, 0.2) is 0 Å². The summed E-state index contributed by atoms with van der Waals surface area (Å²) >= 11 is 11.9. The van der Waals surface area contributed by atoms with Crippen LogP contribution in [0.25, 0.3) is 0 Å². The number of pyridine rings is 1. The molecule has 0 saturated carbocycles. The van der Waals surface area contributed by atoms with E-state index in [0.29, 0.717) is 27.1 Å². The lowest BCUT2D eigenvalue weighted by atomic mass is 10.2. The van der Waals surface area contributed by atoms with Crippen LogP contribution in [0, 0.1) is 0 Å². The first-order valence-electron chi connectivity index (χ1n) is 7.69. The molecule has 1 amide bonds. The van der Waals surface area contributed by atoms with E-state index in [9.17, 15) is 4.79 Å². The number of halogens is 2. The van der Waals surface area contributed by atoms with Crippen molar-refractivity contribution in [3.8, 4) is 5.75 Å². The zero-order valence-corrected chi connectivity index (χ0v) is 15.3. The molecule has 0 unspecified atom stereocenters. The van der Waals surface area contributed by atoms with E-state index in [-0.39, 0.29) is 5.91 Å². The van der Waals surface area contributed by atoms with Crippen LogP contribution in [0.1, 0.15) is 10.4 Å². The first-order chi connectivity index (χ1) is 12.5. The average Bonchev–Trinajstić information content (AvgIpc) is 2.65. The van der Waals surface area contributed by atoms with Gasteiger partial charge in [-0.25, -0.2) is 4.98 Å². The van der Waals surface area contributed by atoms with E-state index in [4.69, 9.17) is 27.9 Å². The lowest BCUT2D eigenvalue weighted by Crippen LogP contribution is -2.12. The minimum absolute atomic E-state index is 0.278. The fourth-order valence-electron chi connectivity index (χ4n) is 2.27. The first kappa shape index (κ1) is 18.0. The van der Waals surface area contributed by atoms with E-state index in [1.807, 2.05) is 24.3 Å². The number of hydrogen-bond donors (Lipinski definition) is 2. The van der Waals surface area contributed by atoms with Crippen LogP contribution in [-0.4, -0.2) is 18.0 Å². The Labute approximate surface area is 160 Å². The monoisotopic (exact) mass is 387 g/mol. The van der Waals surface area contributed by atoms with Crippen molar-refractivity contribution >= 4 is 46.3 Å². The van der Waals surface area contributed by atoms with E-state index in [0.717, 1.165) is 11.4 Å². The number of nitrogens with one attached hydrogen (secondary N) is 2. The van der Waals surface area contributed by atoms with Crippen LogP contribution < -0.4 is 15.4 Å². The molecule has 1 heterocycles. The number of benzene rings is 2. The standard InChI is InChI=1S/C19H15Cl2N3O2/c1-26-15-4-2-3-13(10-15)23-18-9-12(7-8-22-18)19(25)24-14-5-6-16(20)17(21)11-14/h2-11H,1H3,(H,22,23)(H,24,25). The number of carbonyl (C=O) groups is 1. The molecule has 1 aromatic heterocycles. The quantitative estimate of drug-likeness (QED) is 0.615. The second kappa shape index (κ2) is 8.08. The van der Waals surface area contributed by atoms with Crippen molar-refractivity contribution < 1.29 is 9.53 Å². The van der Waals surface area contributed by atoms with Gasteiger partial charge in [-0.3, -0.25) is 4.79 Å². The van der Waals surface area contributed by atoms with Gasteiger partial charge in [0.05, 0.1) is 17.2 Å². The summed E-state index contributed by atoms with van der Waals surface area (Å²) in [6.45, 7) is 0. The Kier molecular flexibility index (Phi) is 5.61. The van der Waals surface area contributed by atoms with Crippen LogP contribution in [0.2, 0.25) is 10.0 Å². The van der Waals surface area contributed by atoms with E-state index >= 15 is 0 Å². The minimum atomic E-state index is -0.278. The molecule has 0 spiro atoms. The zero-order chi connectivity index (χ0) is 18.5. The number of rotatable bonds is 5. The molecule has 0 atom stereocenters. The molecular weight excluding hydrogens is 373 g/mol. The summed E-state index contributed by atoms with van der Waals surface area (Å²) in [7, 11) is 1.60. The largest absolute Gasteiger partial charge is 0.497 e. The molecule has 5 nitrogen and oxygen atoms in total. The first-order valence-corrected chi connectivity index (χ1v) is 8.44. The number of nitrogens with zero attached hydrogens (tertiary/aromatic N) is 1. The molecule has 0 radical (unpaired) electrons. The van der Waals surface area contributed by atoms with Gasteiger partial charge in [-0.1, -0.05) is 29.3 Å². The number of aromatic nitrogens is 1. The third kappa shape index (κ3) is 4.45. The van der Waals surface area contributed by atoms with Gasteiger partial charge in [0.1, 0.15) is 11.6 Å². The van der Waals surface area contributed by atoms with Crippen molar-refractivity contribution in [1.29, 1.82) is 0 Å². The zero-order valence-electron chi connectivity index (χ0n) is 13.8. The molecule has 2 aromatic carbocycles. The average molecular weight is 388 g/mol. The van der Waals surface area contributed by atoms with Gasteiger partial charge in [-0.2, -0.15) is 0 Å². The van der Waals surface area contributed by atoms with Gasteiger partial charge >= 0.3 is 0 Å². The van der Waals surface area contributed by atoms with Crippen LogP contribution >= 0.6 is 23.2 Å². The number of methoxy groups -OCH3 is 1. The number of amides is 1. The molecule has 0 aliphatic rings. The van der Waals surface area contributed by atoms with Gasteiger partial charge in [0.2, 0.25) is 0 Å². The summed E-state index contributed by atoms with van der Waals surface area (Å²) in [4.78, 5) is 16.7. The fourth-order valence-corrected chi connectivity index (χ4v) is 2.56. The van der Waals surface area contributed by atoms with E-state index in [2.05, 4.69) is 15.6 Å². The van der Waals surface area contributed by atoms with Crippen molar-refractivity contribution in [2.75, 3.05) is 17.7 Å². The predicted molar refractivity (Wildman–Crippen MR) is 105 cm³/mol. The molecule has 0 aliphatic heterocycles. The van der Waals surface area contributed by atoms with Crippen LogP contribution in [0.5, 0.6) is 5.75 Å². The summed E-state index contributed by atoms with van der Waals surface area (Å²) in [5, 5.41) is 6.73. The van der Waals surface area contributed by atoms with Crippen LogP contribution in [-0.2, 0) is 0 Å². The summed E-state index contributed by atoms with van der Waals surface area (Å²) in [5.74, 6) is 0.989. The smallest absolute Gasteiger partial charge is 0.255 e. The van der Waals surface area contributed by atoms with Crippen molar-refractivity contribution in [2.45, 2.75) is 0 Å². The molecule has 2 N–H and O–H groups in total. The molecule has 132 valence electrons. The van der Waals surface area contributed by atoms with E-state index in [1.54, 1.807) is 43.6 Å². The van der Waals surface area contributed by atoms with Gasteiger partial charge < -0.3 is 15.4 Å². The Morgan fingerprint density at radius 3 is 2.62 bits per heavy atom. The lowest BCUT2D eigenvalue weighted by molar-refractivity contribution is 0.102. The summed E-state index contributed by atoms with van der Waals surface area (Å²) in [6, 6.07) is 15.6. The highest BCUT2D eigenvalue weighted by atomic mass is 35.5. The molecule has 3 aromatic rings. The SMILES string of the molecule is COc1cccc(Nc2cc(C(=O)Nc3ccc(Cl)c(Cl)c3)ccn2)c1. The Morgan fingerprint density at radius 1 is 1.00 bits per heavy atom. The maximum atomic E-state index is 12.5. The maximum Gasteiger partial charge on any atom is 0.255 e. The second-order valence-corrected chi connectivity index (χ2v) is 6.18. The summed E-state index contributed by atoms with van der Waals surface area (Å²) in [6.07, 6.45) is 1.56. The Bertz CT molecular complexity index is 948. The summed E-state index contributed by atoms with van der Waals surface area (Å²) < 4.78 is 5.19. The topological polar surface area (TPSA) is 63.2 Å². The summed E-state index contributed by atoms with van der Waals surface area (Å²) in [5.41, 5.74) is 1.82. The van der Waals surface area contributed by atoms with E-state index < -0.39 is 0 Å². The Balaban J connectivity index is 1.75. The molecule has 26 heavy (non-hydrogen) atoms. The molecule has 0 bridgehead atoms.